The van der Waals surface area contributed by atoms with Crippen LogP contribution in [-0.2, 0) is 4.74 Å². The van der Waals surface area contributed by atoms with Gasteiger partial charge < -0.3 is 4.74 Å². The molecule has 0 aliphatic heterocycles. The largest absolute Gasteiger partial charge is 0.385 e. The summed E-state index contributed by atoms with van der Waals surface area (Å²) in [6.45, 7) is 6.46. The van der Waals surface area contributed by atoms with E-state index in [0.717, 1.165) is 18.3 Å². The first-order valence-corrected chi connectivity index (χ1v) is 3.81. The molecule has 0 spiro atoms. The molecule has 0 amide bonds. The Bertz CT molecular complexity index is 196. The summed E-state index contributed by atoms with van der Waals surface area (Å²) in [7, 11) is 1.68. The summed E-state index contributed by atoms with van der Waals surface area (Å²) in [6, 6.07) is 0. The minimum atomic E-state index is 0.775. The molecule has 0 aliphatic rings. The van der Waals surface area contributed by atoms with Crippen LogP contribution in [0.1, 0.15) is 18.6 Å². The first kappa shape index (κ1) is 11.0. The lowest BCUT2D eigenvalue weighted by Gasteiger charge is -1.88. The SMILES string of the molecule is CCOC.Cc1ncnc(C)n1. The maximum Gasteiger partial charge on any atom is 0.129 e. The van der Waals surface area contributed by atoms with Crippen LogP contribution in [-0.4, -0.2) is 28.7 Å². The highest BCUT2D eigenvalue weighted by Gasteiger charge is 1.84. The van der Waals surface area contributed by atoms with E-state index in [4.69, 9.17) is 0 Å². The van der Waals surface area contributed by atoms with Crippen LogP contribution < -0.4 is 0 Å². The van der Waals surface area contributed by atoms with Crippen LogP contribution in [0, 0.1) is 13.8 Å². The number of aryl methyl sites for hydroxylation is 2. The monoisotopic (exact) mass is 169 g/mol. The number of rotatable bonds is 1. The fraction of sp³-hybridized carbons (Fsp3) is 0.625. The minimum absolute atomic E-state index is 0.775. The molecule has 0 aromatic carbocycles. The average Bonchev–Trinajstić information content (AvgIpc) is 2.04. The molecule has 4 heteroatoms. The Balaban J connectivity index is 0.000000261. The summed E-state index contributed by atoms with van der Waals surface area (Å²) < 4.78 is 4.54. The Morgan fingerprint density at radius 2 is 1.67 bits per heavy atom. The van der Waals surface area contributed by atoms with Gasteiger partial charge >= 0.3 is 0 Å². The van der Waals surface area contributed by atoms with Gasteiger partial charge in [0.05, 0.1) is 0 Å². The van der Waals surface area contributed by atoms with E-state index in [9.17, 15) is 0 Å². The van der Waals surface area contributed by atoms with Gasteiger partial charge in [-0.3, -0.25) is 0 Å². The van der Waals surface area contributed by atoms with Gasteiger partial charge in [-0.05, 0) is 20.8 Å². The van der Waals surface area contributed by atoms with Crippen LogP contribution in [0.15, 0.2) is 6.33 Å². The lowest BCUT2D eigenvalue weighted by molar-refractivity contribution is 0.215. The van der Waals surface area contributed by atoms with Gasteiger partial charge in [0.1, 0.15) is 18.0 Å². The predicted molar refractivity (Wildman–Crippen MR) is 46.9 cm³/mol. The molecule has 1 aromatic heterocycles. The molecule has 0 bridgehead atoms. The second-order valence-electron chi connectivity index (χ2n) is 2.16. The van der Waals surface area contributed by atoms with E-state index in [1.54, 1.807) is 7.11 Å². The Hall–Kier alpha value is -1.03. The quantitative estimate of drug-likeness (QED) is 0.632. The maximum absolute atomic E-state index is 4.54. The normalized spacial score (nSPS) is 8.67. The third-order valence-corrected chi connectivity index (χ3v) is 1.10. The molecular formula is C8H15N3O. The molecule has 1 aromatic rings. The van der Waals surface area contributed by atoms with Gasteiger partial charge in [-0.15, -0.1) is 0 Å². The lowest BCUT2D eigenvalue weighted by Crippen LogP contribution is -1.91. The minimum Gasteiger partial charge on any atom is -0.385 e. The highest BCUT2D eigenvalue weighted by atomic mass is 16.5. The number of ether oxygens (including phenoxy) is 1. The Labute approximate surface area is 73.0 Å². The van der Waals surface area contributed by atoms with E-state index >= 15 is 0 Å². The highest BCUT2D eigenvalue weighted by molar-refractivity contribution is 4.83. The van der Waals surface area contributed by atoms with E-state index in [2.05, 4.69) is 19.7 Å². The van der Waals surface area contributed by atoms with Crippen molar-refractivity contribution in [2.45, 2.75) is 20.8 Å². The molecule has 68 valence electrons. The fourth-order valence-corrected chi connectivity index (χ4v) is 0.488. The second-order valence-corrected chi connectivity index (χ2v) is 2.16. The van der Waals surface area contributed by atoms with Crippen molar-refractivity contribution in [1.82, 2.24) is 15.0 Å². The van der Waals surface area contributed by atoms with Crippen LogP contribution in [0.4, 0.5) is 0 Å². The van der Waals surface area contributed by atoms with E-state index in [1.807, 2.05) is 20.8 Å². The summed E-state index contributed by atoms with van der Waals surface area (Å²) in [5.41, 5.74) is 0. The topological polar surface area (TPSA) is 47.9 Å². The Kier molecular flexibility index (Phi) is 6.09. The summed E-state index contributed by atoms with van der Waals surface area (Å²) in [6.07, 6.45) is 1.51. The lowest BCUT2D eigenvalue weighted by atomic mass is 10.6. The summed E-state index contributed by atoms with van der Waals surface area (Å²) in [5, 5.41) is 0. The number of aromatic nitrogens is 3. The molecule has 0 N–H and O–H groups in total. The van der Waals surface area contributed by atoms with Crippen LogP contribution in [0.25, 0.3) is 0 Å². The first-order chi connectivity index (χ1) is 5.70. The van der Waals surface area contributed by atoms with Crippen molar-refractivity contribution < 1.29 is 4.74 Å². The van der Waals surface area contributed by atoms with Crippen molar-refractivity contribution in [2.24, 2.45) is 0 Å². The van der Waals surface area contributed by atoms with E-state index < -0.39 is 0 Å². The van der Waals surface area contributed by atoms with Crippen LogP contribution in [0.5, 0.6) is 0 Å². The Morgan fingerprint density at radius 3 is 1.83 bits per heavy atom. The van der Waals surface area contributed by atoms with Crippen molar-refractivity contribution >= 4 is 0 Å². The number of hydrogen-bond donors (Lipinski definition) is 0. The molecular weight excluding hydrogens is 154 g/mol. The zero-order valence-electron chi connectivity index (χ0n) is 8.03. The van der Waals surface area contributed by atoms with Crippen molar-refractivity contribution in [3.05, 3.63) is 18.0 Å². The van der Waals surface area contributed by atoms with Crippen molar-refractivity contribution in [1.29, 1.82) is 0 Å². The number of hydrogen-bond acceptors (Lipinski definition) is 4. The second kappa shape index (κ2) is 6.67. The van der Waals surface area contributed by atoms with E-state index in [1.165, 1.54) is 6.33 Å². The standard InChI is InChI=1S/C5H7N3.C3H8O/c1-4-6-3-7-5(2)8-4;1-3-4-2/h3H,1-2H3;3H2,1-2H3. The smallest absolute Gasteiger partial charge is 0.129 e. The summed E-state index contributed by atoms with van der Waals surface area (Å²) >= 11 is 0. The molecule has 0 saturated heterocycles. The van der Waals surface area contributed by atoms with Crippen molar-refractivity contribution in [3.63, 3.8) is 0 Å². The van der Waals surface area contributed by atoms with Crippen molar-refractivity contribution in [2.75, 3.05) is 13.7 Å². The van der Waals surface area contributed by atoms with Gasteiger partial charge in [0.2, 0.25) is 0 Å². The molecule has 0 saturated carbocycles. The van der Waals surface area contributed by atoms with Crippen molar-refractivity contribution in [3.8, 4) is 0 Å². The molecule has 0 fully saturated rings. The van der Waals surface area contributed by atoms with Gasteiger partial charge in [-0.25, -0.2) is 15.0 Å². The van der Waals surface area contributed by atoms with Gasteiger partial charge in [0.25, 0.3) is 0 Å². The third-order valence-electron chi connectivity index (χ3n) is 1.10. The van der Waals surface area contributed by atoms with Crippen LogP contribution in [0.3, 0.4) is 0 Å². The zero-order valence-corrected chi connectivity index (χ0v) is 8.03. The molecule has 12 heavy (non-hydrogen) atoms. The predicted octanol–water partition coefficient (Wildman–Crippen LogP) is 1.14. The van der Waals surface area contributed by atoms with Crippen LogP contribution >= 0.6 is 0 Å². The number of nitrogens with zero attached hydrogens (tertiary/aromatic N) is 3. The molecule has 0 radical (unpaired) electrons. The first-order valence-electron chi connectivity index (χ1n) is 3.81. The Morgan fingerprint density at radius 1 is 1.25 bits per heavy atom. The summed E-state index contributed by atoms with van der Waals surface area (Å²) in [4.78, 5) is 11.6. The maximum atomic E-state index is 4.54. The third kappa shape index (κ3) is 5.73. The average molecular weight is 169 g/mol. The van der Waals surface area contributed by atoms with Gasteiger partial charge in [-0.2, -0.15) is 0 Å². The number of methoxy groups -OCH3 is 1. The molecule has 4 nitrogen and oxygen atoms in total. The zero-order chi connectivity index (χ0) is 9.40. The molecule has 0 atom stereocenters. The molecule has 1 rings (SSSR count). The molecule has 1 heterocycles. The van der Waals surface area contributed by atoms with Crippen LogP contribution in [0.2, 0.25) is 0 Å². The van der Waals surface area contributed by atoms with Gasteiger partial charge in [0.15, 0.2) is 0 Å². The fourth-order valence-electron chi connectivity index (χ4n) is 0.488. The van der Waals surface area contributed by atoms with E-state index in [-0.39, 0.29) is 0 Å². The molecule has 0 aliphatic carbocycles. The highest BCUT2D eigenvalue weighted by Crippen LogP contribution is 1.83. The van der Waals surface area contributed by atoms with Gasteiger partial charge in [0, 0.05) is 13.7 Å². The molecule has 0 unspecified atom stereocenters. The summed E-state index contributed by atoms with van der Waals surface area (Å²) in [5.74, 6) is 1.55. The van der Waals surface area contributed by atoms with E-state index in [0.29, 0.717) is 0 Å². The van der Waals surface area contributed by atoms with Gasteiger partial charge in [-0.1, -0.05) is 0 Å².